The summed E-state index contributed by atoms with van der Waals surface area (Å²) < 4.78 is 7.07. The van der Waals surface area contributed by atoms with E-state index in [1.807, 2.05) is 18.2 Å². The lowest BCUT2D eigenvalue weighted by molar-refractivity contribution is 0.0977. The third-order valence-electron chi connectivity index (χ3n) is 3.20. The minimum atomic E-state index is -0.276. The zero-order chi connectivity index (χ0) is 18.0. The number of nitrogens with zero attached hydrogens (tertiary/aromatic N) is 1. The molecule has 0 saturated heterocycles. The molecule has 5 nitrogen and oxygen atoms in total. The van der Waals surface area contributed by atoms with Gasteiger partial charge < -0.3 is 10.1 Å². The molecule has 2 aromatic carbocycles. The number of fused-ring (bicyclic) bond motifs is 1. The third-order valence-corrected chi connectivity index (χ3v) is 5.30. The van der Waals surface area contributed by atoms with E-state index in [-0.39, 0.29) is 11.0 Å². The number of aromatic nitrogens is 1. The van der Waals surface area contributed by atoms with E-state index in [0.717, 1.165) is 13.8 Å². The lowest BCUT2D eigenvalue weighted by atomic mass is 10.2. The summed E-state index contributed by atoms with van der Waals surface area (Å²) in [6.07, 6.45) is 0. The Labute approximate surface area is 171 Å². The van der Waals surface area contributed by atoms with Gasteiger partial charge in [0.25, 0.3) is 5.91 Å². The normalized spacial score (nSPS) is 10.5. The van der Waals surface area contributed by atoms with E-state index >= 15 is 0 Å². The van der Waals surface area contributed by atoms with Crippen molar-refractivity contribution in [2.75, 3.05) is 12.4 Å². The number of anilines is 1. The molecule has 3 aromatic rings. The average molecular weight is 504 g/mol. The number of hydrogen-bond donors (Lipinski definition) is 2. The first-order valence-electron chi connectivity index (χ1n) is 6.98. The Morgan fingerprint density at radius 3 is 2.88 bits per heavy atom. The summed E-state index contributed by atoms with van der Waals surface area (Å²) in [6, 6.07) is 10.8. The maximum absolute atomic E-state index is 12.2. The number of ether oxygens (including phenoxy) is 1. The molecule has 1 heterocycles. The van der Waals surface area contributed by atoms with E-state index in [4.69, 9.17) is 28.6 Å². The Kier molecular flexibility index (Phi) is 5.72. The summed E-state index contributed by atoms with van der Waals surface area (Å²) in [5.41, 5.74) is 1.27. The van der Waals surface area contributed by atoms with E-state index in [1.54, 1.807) is 25.3 Å². The Balaban J connectivity index is 1.72. The van der Waals surface area contributed by atoms with Crippen LogP contribution in [0.15, 0.2) is 36.4 Å². The second kappa shape index (κ2) is 7.81. The Morgan fingerprint density at radius 2 is 2.16 bits per heavy atom. The van der Waals surface area contributed by atoms with Crippen LogP contribution >= 0.6 is 57.7 Å². The topological polar surface area (TPSA) is 63.2 Å². The van der Waals surface area contributed by atoms with Crippen molar-refractivity contribution in [3.8, 4) is 5.75 Å². The second-order valence-corrected chi connectivity index (χ2v) is 7.98. The van der Waals surface area contributed by atoms with Crippen molar-refractivity contribution in [2.24, 2.45) is 0 Å². The predicted molar refractivity (Wildman–Crippen MR) is 114 cm³/mol. The molecule has 0 saturated carbocycles. The van der Waals surface area contributed by atoms with Gasteiger partial charge in [-0.05, 0) is 59.1 Å². The number of carbonyl (C=O) groups is 1. The lowest BCUT2D eigenvalue weighted by Crippen LogP contribution is -2.34. The van der Waals surface area contributed by atoms with E-state index in [9.17, 15) is 4.79 Å². The molecule has 1 amide bonds. The van der Waals surface area contributed by atoms with Gasteiger partial charge in [-0.25, -0.2) is 4.98 Å². The molecule has 128 valence electrons. The monoisotopic (exact) mass is 503 g/mol. The van der Waals surface area contributed by atoms with Crippen LogP contribution in [0.5, 0.6) is 5.75 Å². The van der Waals surface area contributed by atoms with E-state index in [1.165, 1.54) is 11.3 Å². The van der Waals surface area contributed by atoms with Gasteiger partial charge in [-0.15, -0.1) is 0 Å². The number of carbonyl (C=O) groups excluding carboxylic acids is 1. The number of methoxy groups -OCH3 is 1. The summed E-state index contributed by atoms with van der Waals surface area (Å²) in [5.74, 6) is 0.306. The van der Waals surface area contributed by atoms with Gasteiger partial charge in [-0.1, -0.05) is 29.0 Å². The number of halogens is 2. The van der Waals surface area contributed by atoms with Gasteiger partial charge in [0.05, 0.1) is 22.3 Å². The molecule has 0 fully saturated rings. The van der Waals surface area contributed by atoms with Crippen molar-refractivity contribution in [3.05, 3.63) is 50.6 Å². The molecule has 0 radical (unpaired) electrons. The number of nitrogens with one attached hydrogen (secondary N) is 2. The number of thiazole rings is 1. The minimum absolute atomic E-state index is 0.181. The van der Waals surface area contributed by atoms with Gasteiger partial charge >= 0.3 is 0 Å². The molecule has 0 bridgehead atoms. The van der Waals surface area contributed by atoms with E-state index in [2.05, 4.69) is 38.2 Å². The fourth-order valence-corrected chi connectivity index (χ4v) is 3.99. The summed E-state index contributed by atoms with van der Waals surface area (Å²) in [4.78, 5) is 16.6. The van der Waals surface area contributed by atoms with Crippen LogP contribution < -0.4 is 15.4 Å². The van der Waals surface area contributed by atoms with Crippen molar-refractivity contribution in [2.45, 2.75) is 0 Å². The van der Waals surface area contributed by atoms with E-state index in [0.29, 0.717) is 21.5 Å². The zero-order valence-electron chi connectivity index (χ0n) is 12.8. The molecule has 0 aliphatic heterocycles. The van der Waals surface area contributed by atoms with Gasteiger partial charge in [0, 0.05) is 15.2 Å². The molecular weight excluding hydrogens is 493 g/mol. The number of benzene rings is 2. The number of hydrogen-bond acceptors (Lipinski definition) is 5. The van der Waals surface area contributed by atoms with Crippen LogP contribution in [0, 0.1) is 3.57 Å². The quantitative estimate of drug-likeness (QED) is 0.401. The molecular formula is C16H11ClIN3O2S2. The molecule has 0 unspecified atom stereocenters. The highest BCUT2D eigenvalue weighted by Crippen LogP contribution is 2.34. The van der Waals surface area contributed by atoms with Crippen molar-refractivity contribution >= 4 is 84.1 Å². The standard InChI is InChI=1S/C16H11ClIN3O2S2/c1-23-12-7-13-11(6-10(12)17)19-16(25-13)21-15(24)20-14(22)8-3-2-4-9(18)5-8/h2-7H,1H3,(H2,19,20,21,22,24). The van der Waals surface area contributed by atoms with Crippen LogP contribution in [0.2, 0.25) is 5.02 Å². The summed E-state index contributed by atoms with van der Waals surface area (Å²) >= 11 is 14.8. The van der Waals surface area contributed by atoms with Gasteiger partial charge in [0.15, 0.2) is 10.2 Å². The fourth-order valence-electron chi connectivity index (χ4n) is 2.07. The third kappa shape index (κ3) is 4.38. The Hall–Kier alpha value is -1.49. The van der Waals surface area contributed by atoms with Crippen LogP contribution in [0.25, 0.3) is 10.2 Å². The summed E-state index contributed by atoms with van der Waals surface area (Å²) in [6.45, 7) is 0. The first-order chi connectivity index (χ1) is 12.0. The fraction of sp³-hybridized carbons (Fsp3) is 0.0625. The molecule has 9 heteroatoms. The highest BCUT2D eigenvalue weighted by molar-refractivity contribution is 14.1. The number of thiocarbonyl (C=S) groups is 1. The highest BCUT2D eigenvalue weighted by Gasteiger charge is 2.12. The molecule has 3 rings (SSSR count). The van der Waals surface area contributed by atoms with Crippen LogP contribution in [-0.2, 0) is 0 Å². The van der Waals surface area contributed by atoms with E-state index < -0.39 is 0 Å². The molecule has 0 atom stereocenters. The summed E-state index contributed by atoms with van der Waals surface area (Å²) in [5, 5.41) is 6.80. The Morgan fingerprint density at radius 1 is 1.36 bits per heavy atom. The van der Waals surface area contributed by atoms with Gasteiger partial charge in [-0.2, -0.15) is 0 Å². The van der Waals surface area contributed by atoms with Crippen molar-refractivity contribution < 1.29 is 9.53 Å². The predicted octanol–water partition coefficient (Wildman–Crippen LogP) is 4.69. The first-order valence-corrected chi connectivity index (χ1v) is 9.66. The van der Waals surface area contributed by atoms with Crippen molar-refractivity contribution in [3.63, 3.8) is 0 Å². The van der Waals surface area contributed by atoms with Gasteiger partial charge in [-0.3, -0.25) is 10.1 Å². The van der Waals surface area contributed by atoms with Gasteiger partial charge in [0.1, 0.15) is 5.75 Å². The first kappa shape index (κ1) is 18.3. The molecule has 25 heavy (non-hydrogen) atoms. The number of amides is 1. The largest absolute Gasteiger partial charge is 0.495 e. The maximum atomic E-state index is 12.2. The average Bonchev–Trinajstić information content (AvgIpc) is 2.94. The van der Waals surface area contributed by atoms with Crippen LogP contribution in [0.1, 0.15) is 10.4 Å². The smallest absolute Gasteiger partial charge is 0.257 e. The lowest BCUT2D eigenvalue weighted by Gasteiger charge is -2.07. The molecule has 0 spiro atoms. The van der Waals surface area contributed by atoms with Crippen LogP contribution in [0.4, 0.5) is 5.13 Å². The summed E-state index contributed by atoms with van der Waals surface area (Å²) in [7, 11) is 1.56. The van der Waals surface area contributed by atoms with Crippen LogP contribution in [0.3, 0.4) is 0 Å². The zero-order valence-corrected chi connectivity index (χ0v) is 17.3. The second-order valence-electron chi connectivity index (χ2n) is 4.89. The molecule has 0 aliphatic rings. The molecule has 1 aromatic heterocycles. The van der Waals surface area contributed by atoms with Crippen molar-refractivity contribution in [1.82, 2.24) is 10.3 Å². The van der Waals surface area contributed by atoms with Crippen LogP contribution in [-0.4, -0.2) is 23.1 Å². The molecule has 0 aliphatic carbocycles. The molecule has 2 N–H and O–H groups in total. The van der Waals surface area contributed by atoms with Gasteiger partial charge in [0.2, 0.25) is 0 Å². The van der Waals surface area contributed by atoms with Crippen molar-refractivity contribution in [1.29, 1.82) is 0 Å². The highest BCUT2D eigenvalue weighted by atomic mass is 127. The Bertz CT molecular complexity index is 977. The SMILES string of the molecule is COc1cc2sc(NC(=S)NC(=O)c3cccc(I)c3)nc2cc1Cl. The number of rotatable bonds is 3. The minimum Gasteiger partial charge on any atom is -0.495 e. The maximum Gasteiger partial charge on any atom is 0.257 e.